The predicted octanol–water partition coefficient (Wildman–Crippen LogP) is 1.98. The van der Waals surface area contributed by atoms with Crippen LogP contribution in [-0.2, 0) is 4.79 Å². The molecule has 0 aliphatic carbocycles. The Kier molecular flexibility index (Phi) is 6.44. The average molecular weight is 358 g/mol. The van der Waals surface area contributed by atoms with Gasteiger partial charge < -0.3 is 15.1 Å². The lowest BCUT2D eigenvalue weighted by Crippen LogP contribution is -2.53. The maximum absolute atomic E-state index is 12.9. The summed E-state index contributed by atoms with van der Waals surface area (Å²) in [4.78, 5) is 29.9. The van der Waals surface area contributed by atoms with Crippen LogP contribution in [-0.4, -0.2) is 60.4 Å². The molecule has 2 amide bonds. The summed E-state index contributed by atoms with van der Waals surface area (Å²) in [6.45, 7) is 2.26. The Balaban J connectivity index is 0.00000192. The highest BCUT2D eigenvalue weighted by molar-refractivity contribution is 7.12. The topological polar surface area (TPSA) is 52.7 Å². The van der Waals surface area contributed by atoms with Crippen molar-refractivity contribution in [2.75, 3.05) is 26.7 Å². The number of likely N-dealkylation sites (tertiary alicyclic amines) is 2. The molecule has 5 nitrogen and oxygen atoms in total. The van der Waals surface area contributed by atoms with Crippen molar-refractivity contribution in [2.45, 2.75) is 37.8 Å². The van der Waals surface area contributed by atoms with Crippen LogP contribution < -0.4 is 5.32 Å². The molecule has 2 aliphatic rings. The van der Waals surface area contributed by atoms with E-state index >= 15 is 0 Å². The van der Waals surface area contributed by atoms with Crippen molar-refractivity contribution in [3.63, 3.8) is 0 Å². The van der Waals surface area contributed by atoms with Crippen molar-refractivity contribution in [2.24, 2.45) is 0 Å². The molecular weight excluding hydrogens is 334 g/mol. The van der Waals surface area contributed by atoms with Gasteiger partial charge in [0.05, 0.1) is 4.88 Å². The smallest absolute Gasteiger partial charge is 0.264 e. The summed E-state index contributed by atoms with van der Waals surface area (Å²) < 4.78 is 0. The molecule has 1 N–H and O–H groups in total. The molecule has 0 spiro atoms. The first-order valence-electron chi connectivity index (χ1n) is 8.01. The molecule has 0 radical (unpaired) electrons. The minimum atomic E-state index is -0.273. The Morgan fingerprint density at radius 1 is 1.26 bits per heavy atom. The van der Waals surface area contributed by atoms with Gasteiger partial charge in [0.25, 0.3) is 5.91 Å². The summed E-state index contributed by atoms with van der Waals surface area (Å²) in [6.07, 6.45) is 3.85. The van der Waals surface area contributed by atoms with Crippen LogP contribution in [0.3, 0.4) is 0 Å². The molecule has 2 aliphatic heterocycles. The van der Waals surface area contributed by atoms with Crippen molar-refractivity contribution in [1.29, 1.82) is 0 Å². The number of carbonyl (C=O) groups excluding carboxylic acids is 2. The van der Waals surface area contributed by atoms with Gasteiger partial charge in [0.1, 0.15) is 6.04 Å². The van der Waals surface area contributed by atoms with E-state index in [-0.39, 0.29) is 30.3 Å². The Hall–Kier alpha value is -1.11. The van der Waals surface area contributed by atoms with Crippen molar-refractivity contribution in [3.05, 3.63) is 22.4 Å². The average Bonchev–Trinajstić information content (AvgIpc) is 3.24. The number of carbonyl (C=O) groups is 2. The van der Waals surface area contributed by atoms with E-state index in [0.717, 1.165) is 43.6 Å². The summed E-state index contributed by atoms with van der Waals surface area (Å²) in [5, 5.41) is 5.17. The monoisotopic (exact) mass is 357 g/mol. The number of thiophene rings is 1. The largest absolute Gasteiger partial charge is 0.339 e. The number of likely N-dealkylation sites (N-methyl/N-ethyl adjacent to an activating group) is 1. The van der Waals surface area contributed by atoms with Gasteiger partial charge in [-0.2, -0.15) is 0 Å². The standard InChI is InChI=1S/C16H23N3O2S.ClH/c1-17-12-5-2-8-18(11-12)15(20)13-6-3-9-19(13)16(21)14-7-4-10-22-14;/h4,7,10,12-13,17H,2-3,5-6,8-9,11H2,1H3;1H. The summed E-state index contributed by atoms with van der Waals surface area (Å²) in [5.74, 6) is 0.135. The van der Waals surface area contributed by atoms with Gasteiger partial charge in [0.2, 0.25) is 5.91 Å². The Morgan fingerprint density at radius 3 is 2.74 bits per heavy atom. The zero-order valence-corrected chi connectivity index (χ0v) is 15.0. The molecule has 2 saturated heterocycles. The van der Waals surface area contributed by atoms with Crippen LogP contribution in [0, 0.1) is 0 Å². The lowest BCUT2D eigenvalue weighted by molar-refractivity contribution is -0.136. The van der Waals surface area contributed by atoms with E-state index in [1.165, 1.54) is 11.3 Å². The van der Waals surface area contributed by atoms with Gasteiger partial charge in [0, 0.05) is 25.7 Å². The Morgan fingerprint density at radius 2 is 2.04 bits per heavy atom. The molecule has 7 heteroatoms. The molecule has 2 fully saturated rings. The van der Waals surface area contributed by atoms with Gasteiger partial charge in [-0.3, -0.25) is 9.59 Å². The zero-order chi connectivity index (χ0) is 15.5. The van der Waals surface area contributed by atoms with Gasteiger partial charge in [-0.15, -0.1) is 23.7 Å². The first kappa shape index (κ1) is 18.2. The number of hydrogen-bond donors (Lipinski definition) is 1. The van der Waals surface area contributed by atoms with Crippen LogP contribution in [0.2, 0.25) is 0 Å². The quantitative estimate of drug-likeness (QED) is 0.900. The van der Waals surface area contributed by atoms with Crippen LogP contribution in [0.15, 0.2) is 17.5 Å². The summed E-state index contributed by atoms with van der Waals surface area (Å²) in [7, 11) is 1.95. The van der Waals surface area contributed by atoms with Crippen LogP contribution in [0.25, 0.3) is 0 Å². The second-order valence-corrected chi connectivity index (χ2v) is 6.99. The minimum Gasteiger partial charge on any atom is -0.339 e. The van der Waals surface area contributed by atoms with E-state index in [9.17, 15) is 9.59 Å². The molecule has 128 valence electrons. The summed E-state index contributed by atoms with van der Waals surface area (Å²) >= 11 is 1.45. The van der Waals surface area contributed by atoms with Crippen LogP contribution >= 0.6 is 23.7 Å². The fourth-order valence-corrected chi connectivity index (χ4v) is 4.11. The van der Waals surface area contributed by atoms with Crippen LogP contribution in [0.1, 0.15) is 35.4 Å². The van der Waals surface area contributed by atoms with Crippen LogP contribution in [0.4, 0.5) is 0 Å². The minimum absolute atomic E-state index is 0. The van der Waals surface area contributed by atoms with Gasteiger partial charge in [0.15, 0.2) is 0 Å². The van der Waals surface area contributed by atoms with Crippen molar-refractivity contribution < 1.29 is 9.59 Å². The van der Waals surface area contributed by atoms with Gasteiger partial charge in [-0.05, 0) is 44.2 Å². The molecule has 2 atom stereocenters. The molecular formula is C16H24ClN3O2S. The number of hydrogen-bond acceptors (Lipinski definition) is 4. The first-order valence-corrected chi connectivity index (χ1v) is 8.89. The normalized spacial score (nSPS) is 24.4. The fourth-order valence-electron chi connectivity index (χ4n) is 3.43. The molecule has 0 saturated carbocycles. The summed E-state index contributed by atoms with van der Waals surface area (Å²) in [6, 6.07) is 3.82. The predicted molar refractivity (Wildman–Crippen MR) is 94.3 cm³/mol. The van der Waals surface area contributed by atoms with E-state index in [1.54, 1.807) is 4.90 Å². The highest BCUT2D eigenvalue weighted by Gasteiger charge is 2.38. The molecule has 3 rings (SSSR count). The Labute approximate surface area is 147 Å². The molecule has 1 aromatic heterocycles. The van der Waals surface area contributed by atoms with E-state index in [2.05, 4.69) is 5.32 Å². The van der Waals surface area contributed by atoms with Gasteiger partial charge in [-0.25, -0.2) is 0 Å². The van der Waals surface area contributed by atoms with E-state index in [4.69, 9.17) is 0 Å². The second-order valence-electron chi connectivity index (χ2n) is 6.05. The molecule has 3 heterocycles. The molecule has 0 bridgehead atoms. The third-order valence-electron chi connectivity index (χ3n) is 4.67. The maximum atomic E-state index is 12.9. The summed E-state index contributed by atoms with van der Waals surface area (Å²) in [5.41, 5.74) is 0. The van der Waals surface area contributed by atoms with Crippen LogP contribution in [0.5, 0.6) is 0 Å². The Bertz CT molecular complexity index is 537. The number of nitrogens with zero attached hydrogens (tertiary/aromatic N) is 2. The molecule has 2 unspecified atom stereocenters. The second kappa shape index (κ2) is 8.13. The number of halogens is 1. The first-order chi connectivity index (χ1) is 10.7. The van der Waals surface area contributed by atoms with Gasteiger partial charge >= 0.3 is 0 Å². The number of piperidine rings is 1. The maximum Gasteiger partial charge on any atom is 0.264 e. The third kappa shape index (κ3) is 3.87. The molecule has 0 aromatic carbocycles. The molecule has 23 heavy (non-hydrogen) atoms. The SMILES string of the molecule is CNC1CCCN(C(=O)C2CCCN2C(=O)c2cccs2)C1.Cl. The van der Waals surface area contributed by atoms with E-state index < -0.39 is 0 Å². The third-order valence-corrected chi connectivity index (χ3v) is 5.53. The van der Waals surface area contributed by atoms with Crippen molar-refractivity contribution in [3.8, 4) is 0 Å². The lowest BCUT2D eigenvalue weighted by atomic mass is 10.0. The van der Waals surface area contributed by atoms with Crippen molar-refractivity contribution >= 4 is 35.6 Å². The lowest BCUT2D eigenvalue weighted by Gasteiger charge is -2.36. The number of nitrogens with one attached hydrogen (secondary N) is 1. The molecule has 1 aromatic rings. The number of rotatable bonds is 3. The van der Waals surface area contributed by atoms with Crippen molar-refractivity contribution in [1.82, 2.24) is 15.1 Å². The van der Waals surface area contributed by atoms with Gasteiger partial charge in [-0.1, -0.05) is 6.07 Å². The highest BCUT2D eigenvalue weighted by atomic mass is 35.5. The fraction of sp³-hybridized carbons (Fsp3) is 0.625. The van der Waals surface area contributed by atoms with E-state index in [0.29, 0.717) is 12.6 Å². The van der Waals surface area contributed by atoms with E-state index in [1.807, 2.05) is 29.5 Å². The zero-order valence-electron chi connectivity index (χ0n) is 13.4. The number of amides is 2. The highest BCUT2D eigenvalue weighted by Crippen LogP contribution is 2.24.